The molecular formula is C16H18BrN3O. The molecule has 1 aromatic carbocycles. The number of nitriles is 1. The Kier molecular flexibility index (Phi) is 5.82. The minimum Gasteiger partial charge on any atom is -0.386 e. The SMILES string of the molecule is N#C/C(=C/NCc1ccc(Br)cc1)C(=O)N1CCCCC1. The van der Waals surface area contributed by atoms with Crippen molar-refractivity contribution in [1.82, 2.24) is 10.2 Å². The fourth-order valence-corrected chi connectivity index (χ4v) is 2.55. The average Bonchev–Trinajstić information content (AvgIpc) is 2.53. The van der Waals surface area contributed by atoms with E-state index in [1.807, 2.05) is 30.3 Å². The first-order valence-electron chi connectivity index (χ1n) is 7.08. The molecule has 0 bridgehead atoms. The molecule has 110 valence electrons. The summed E-state index contributed by atoms with van der Waals surface area (Å²) in [5.74, 6) is -0.166. The first-order valence-corrected chi connectivity index (χ1v) is 7.87. The Morgan fingerprint density at radius 1 is 1.29 bits per heavy atom. The first-order chi connectivity index (χ1) is 10.2. The van der Waals surface area contributed by atoms with Crippen LogP contribution in [0.2, 0.25) is 0 Å². The Hall–Kier alpha value is -1.80. The van der Waals surface area contributed by atoms with Gasteiger partial charge in [0.1, 0.15) is 11.6 Å². The van der Waals surface area contributed by atoms with E-state index < -0.39 is 0 Å². The average molecular weight is 348 g/mol. The number of rotatable bonds is 4. The highest BCUT2D eigenvalue weighted by Crippen LogP contribution is 2.12. The molecule has 21 heavy (non-hydrogen) atoms. The minimum atomic E-state index is -0.166. The highest BCUT2D eigenvalue weighted by atomic mass is 79.9. The number of hydrogen-bond donors (Lipinski definition) is 1. The van der Waals surface area contributed by atoms with Gasteiger partial charge in [0, 0.05) is 30.3 Å². The maximum Gasteiger partial charge on any atom is 0.265 e. The van der Waals surface area contributed by atoms with E-state index in [0.29, 0.717) is 6.54 Å². The van der Waals surface area contributed by atoms with Gasteiger partial charge in [-0.2, -0.15) is 5.26 Å². The molecule has 0 atom stereocenters. The predicted molar refractivity (Wildman–Crippen MR) is 85.1 cm³/mol. The van der Waals surface area contributed by atoms with Crippen molar-refractivity contribution in [3.8, 4) is 6.07 Å². The number of piperidine rings is 1. The van der Waals surface area contributed by atoms with E-state index in [4.69, 9.17) is 5.26 Å². The fraction of sp³-hybridized carbons (Fsp3) is 0.375. The summed E-state index contributed by atoms with van der Waals surface area (Å²) in [5.41, 5.74) is 1.27. The molecule has 0 aliphatic carbocycles. The summed E-state index contributed by atoms with van der Waals surface area (Å²) in [7, 11) is 0. The van der Waals surface area contributed by atoms with Gasteiger partial charge in [0.05, 0.1) is 0 Å². The van der Waals surface area contributed by atoms with Crippen LogP contribution in [0.25, 0.3) is 0 Å². The van der Waals surface area contributed by atoms with Crippen molar-refractivity contribution in [3.63, 3.8) is 0 Å². The van der Waals surface area contributed by atoms with Crippen LogP contribution >= 0.6 is 15.9 Å². The van der Waals surface area contributed by atoms with Crippen molar-refractivity contribution in [2.45, 2.75) is 25.8 Å². The van der Waals surface area contributed by atoms with Gasteiger partial charge in [-0.15, -0.1) is 0 Å². The Labute approximate surface area is 133 Å². The Balaban J connectivity index is 1.92. The van der Waals surface area contributed by atoms with Crippen LogP contribution < -0.4 is 5.32 Å². The molecule has 1 fully saturated rings. The molecule has 0 unspecified atom stereocenters. The molecule has 5 heteroatoms. The smallest absolute Gasteiger partial charge is 0.265 e. The predicted octanol–water partition coefficient (Wildman–Crippen LogP) is 2.96. The third-order valence-corrected chi connectivity index (χ3v) is 3.99. The van der Waals surface area contributed by atoms with Gasteiger partial charge in [0.2, 0.25) is 0 Å². The summed E-state index contributed by atoms with van der Waals surface area (Å²) in [6.45, 7) is 2.10. The number of nitrogens with one attached hydrogen (secondary N) is 1. The molecule has 1 amide bonds. The summed E-state index contributed by atoms with van der Waals surface area (Å²) in [6, 6.07) is 9.90. The van der Waals surface area contributed by atoms with Crippen molar-refractivity contribution in [2.24, 2.45) is 0 Å². The third kappa shape index (κ3) is 4.61. The lowest BCUT2D eigenvalue weighted by molar-refractivity contribution is -0.127. The molecule has 0 radical (unpaired) electrons. The number of likely N-dealkylation sites (tertiary alicyclic amines) is 1. The summed E-state index contributed by atoms with van der Waals surface area (Å²) in [4.78, 5) is 14.0. The molecule has 1 aromatic rings. The van der Waals surface area contributed by atoms with E-state index in [1.165, 1.54) is 6.20 Å². The molecule has 1 N–H and O–H groups in total. The molecule has 1 saturated heterocycles. The van der Waals surface area contributed by atoms with Crippen molar-refractivity contribution in [2.75, 3.05) is 13.1 Å². The second-order valence-electron chi connectivity index (χ2n) is 5.03. The lowest BCUT2D eigenvalue weighted by atomic mass is 10.1. The molecule has 0 spiro atoms. The first kappa shape index (κ1) is 15.6. The Morgan fingerprint density at radius 2 is 1.95 bits per heavy atom. The van der Waals surface area contributed by atoms with Gasteiger partial charge < -0.3 is 10.2 Å². The van der Waals surface area contributed by atoms with Crippen molar-refractivity contribution < 1.29 is 4.79 Å². The molecular weight excluding hydrogens is 330 g/mol. The van der Waals surface area contributed by atoms with E-state index in [2.05, 4.69) is 21.2 Å². The van der Waals surface area contributed by atoms with Gasteiger partial charge >= 0.3 is 0 Å². The van der Waals surface area contributed by atoms with E-state index in [1.54, 1.807) is 4.90 Å². The summed E-state index contributed by atoms with van der Waals surface area (Å²) in [5, 5.41) is 12.2. The van der Waals surface area contributed by atoms with Crippen LogP contribution in [-0.2, 0) is 11.3 Å². The topological polar surface area (TPSA) is 56.1 Å². The number of nitrogens with zero attached hydrogens (tertiary/aromatic N) is 2. The van der Waals surface area contributed by atoms with Crippen molar-refractivity contribution in [3.05, 3.63) is 46.1 Å². The summed E-state index contributed by atoms with van der Waals surface area (Å²) < 4.78 is 1.03. The van der Waals surface area contributed by atoms with Gasteiger partial charge in [-0.1, -0.05) is 28.1 Å². The third-order valence-electron chi connectivity index (χ3n) is 3.46. The van der Waals surface area contributed by atoms with Gasteiger partial charge in [0.15, 0.2) is 0 Å². The second-order valence-corrected chi connectivity index (χ2v) is 5.95. The van der Waals surface area contributed by atoms with Crippen LogP contribution in [0.1, 0.15) is 24.8 Å². The normalized spacial score (nSPS) is 15.4. The number of amides is 1. The zero-order valence-electron chi connectivity index (χ0n) is 11.8. The van der Waals surface area contributed by atoms with Crippen LogP contribution in [0, 0.1) is 11.3 Å². The molecule has 4 nitrogen and oxygen atoms in total. The minimum absolute atomic E-state index is 0.166. The largest absolute Gasteiger partial charge is 0.386 e. The van der Waals surface area contributed by atoms with Crippen LogP contribution in [0.4, 0.5) is 0 Å². The summed E-state index contributed by atoms with van der Waals surface area (Å²) >= 11 is 3.39. The fourth-order valence-electron chi connectivity index (χ4n) is 2.28. The van der Waals surface area contributed by atoms with E-state index in [-0.39, 0.29) is 11.5 Å². The highest BCUT2D eigenvalue weighted by molar-refractivity contribution is 9.10. The molecule has 0 aromatic heterocycles. The maximum absolute atomic E-state index is 12.2. The van der Waals surface area contributed by atoms with Crippen LogP contribution in [0.15, 0.2) is 40.5 Å². The molecule has 1 heterocycles. The molecule has 1 aliphatic rings. The number of hydrogen-bond acceptors (Lipinski definition) is 3. The maximum atomic E-state index is 12.2. The van der Waals surface area contributed by atoms with Gasteiger partial charge in [-0.05, 0) is 37.0 Å². The number of halogens is 1. The van der Waals surface area contributed by atoms with Crippen LogP contribution in [-0.4, -0.2) is 23.9 Å². The number of carbonyl (C=O) groups excluding carboxylic acids is 1. The van der Waals surface area contributed by atoms with Gasteiger partial charge in [0.25, 0.3) is 5.91 Å². The molecule has 0 saturated carbocycles. The van der Waals surface area contributed by atoms with Gasteiger partial charge in [-0.3, -0.25) is 4.79 Å². The molecule has 1 aliphatic heterocycles. The standard InChI is InChI=1S/C16H18BrN3O/c17-15-6-4-13(5-7-15)11-19-12-14(10-18)16(21)20-8-2-1-3-9-20/h4-7,12,19H,1-3,8-9,11H2/b14-12-. The van der Waals surface area contributed by atoms with E-state index in [9.17, 15) is 4.79 Å². The monoisotopic (exact) mass is 347 g/mol. The number of carbonyl (C=O) groups is 1. The van der Waals surface area contributed by atoms with Crippen molar-refractivity contribution in [1.29, 1.82) is 5.26 Å². The highest BCUT2D eigenvalue weighted by Gasteiger charge is 2.19. The Morgan fingerprint density at radius 3 is 2.57 bits per heavy atom. The summed E-state index contributed by atoms with van der Waals surface area (Å²) in [6.07, 6.45) is 4.74. The van der Waals surface area contributed by atoms with Crippen LogP contribution in [0.5, 0.6) is 0 Å². The van der Waals surface area contributed by atoms with E-state index in [0.717, 1.165) is 42.4 Å². The van der Waals surface area contributed by atoms with Gasteiger partial charge in [-0.25, -0.2) is 0 Å². The zero-order valence-corrected chi connectivity index (χ0v) is 13.4. The second kappa shape index (κ2) is 7.84. The van der Waals surface area contributed by atoms with Crippen molar-refractivity contribution >= 4 is 21.8 Å². The van der Waals surface area contributed by atoms with Crippen LogP contribution in [0.3, 0.4) is 0 Å². The zero-order chi connectivity index (χ0) is 15.1. The quantitative estimate of drug-likeness (QED) is 0.672. The van der Waals surface area contributed by atoms with E-state index >= 15 is 0 Å². The molecule has 2 rings (SSSR count). The number of benzene rings is 1. The Bertz CT molecular complexity index is 554. The lowest BCUT2D eigenvalue weighted by Crippen LogP contribution is -2.36. The lowest BCUT2D eigenvalue weighted by Gasteiger charge is -2.26.